The molecule has 21 heavy (non-hydrogen) atoms. The van der Waals surface area contributed by atoms with E-state index in [0.717, 1.165) is 19.3 Å². The predicted molar refractivity (Wildman–Crippen MR) is 87.9 cm³/mol. The zero-order chi connectivity index (χ0) is 15.5. The fourth-order valence-corrected chi connectivity index (χ4v) is 4.65. The van der Waals surface area contributed by atoms with Crippen LogP contribution in [0.1, 0.15) is 33.1 Å². The van der Waals surface area contributed by atoms with E-state index in [2.05, 4.69) is 33.2 Å². The molecule has 0 bridgehead atoms. The van der Waals surface area contributed by atoms with Gasteiger partial charge in [-0.05, 0) is 54.1 Å². The number of sulfonamides is 1. The molecule has 2 heterocycles. The van der Waals surface area contributed by atoms with Crippen molar-refractivity contribution in [1.29, 1.82) is 0 Å². The molecule has 2 rings (SSSR count). The van der Waals surface area contributed by atoms with Gasteiger partial charge in [0.25, 0.3) is 0 Å². The Morgan fingerprint density at radius 2 is 2.19 bits per heavy atom. The number of nitrogens with zero attached hydrogens (tertiary/aromatic N) is 2. The van der Waals surface area contributed by atoms with Gasteiger partial charge in [0.1, 0.15) is 10.7 Å². The number of aromatic nitrogens is 1. The third-order valence-corrected chi connectivity index (χ3v) is 6.10. The van der Waals surface area contributed by atoms with Gasteiger partial charge in [-0.25, -0.2) is 13.4 Å². The lowest BCUT2D eigenvalue weighted by Gasteiger charge is -2.21. The van der Waals surface area contributed by atoms with Crippen LogP contribution in [0.4, 0.5) is 5.82 Å². The van der Waals surface area contributed by atoms with Crippen LogP contribution in [0.25, 0.3) is 0 Å². The quantitative estimate of drug-likeness (QED) is 0.877. The van der Waals surface area contributed by atoms with E-state index in [-0.39, 0.29) is 4.90 Å². The standard InChI is InChI=1S/C14H22BrN3O2S/c1-3-16-14-13(9-12(15)10-17-14)21(19,20)18-7-4-5-11(2)6-8-18/h9-11H,3-8H2,1-2H3,(H,16,17). The minimum atomic E-state index is -3.51. The monoisotopic (exact) mass is 375 g/mol. The summed E-state index contributed by atoms with van der Waals surface area (Å²) in [6, 6.07) is 1.63. The molecule has 1 aromatic rings. The zero-order valence-electron chi connectivity index (χ0n) is 12.5. The van der Waals surface area contributed by atoms with E-state index in [9.17, 15) is 8.42 Å². The van der Waals surface area contributed by atoms with Gasteiger partial charge in [-0.2, -0.15) is 4.31 Å². The van der Waals surface area contributed by atoms with Gasteiger partial charge in [-0.15, -0.1) is 0 Å². The highest BCUT2D eigenvalue weighted by Crippen LogP contribution is 2.28. The van der Waals surface area contributed by atoms with E-state index in [1.165, 1.54) is 0 Å². The number of pyridine rings is 1. The molecule has 1 atom stereocenters. The fraction of sp³-hybridized carbons (Fsp3) is 0.643. The summed E-state index contributed by atoms with van der Waals surface area (Å²) in [5.74, 6) is 1.01. The summed E-state index contributed by atoms with van der Waals surface area (Å²) >= 11 is 3.32. The minimum Gasteiger partial charge on any atom is -0.369 e. The summed E-state index contributed by atoms with van der Waals surface area (Å²) in [7, 11) is -3.51. The maximum Gasteiger partial charge on any atom is 0.246 e. The minimum absolute atomic E-state index is 0.258. The molecule has 1 aliphatic rings. The summed E-state index contributed by atoms with van der Waals surface area (Å²) in [5.41, 5.74) is 0. The summed E-state index contributed by atoms with van der Waals surface area (Å²) in [6.45, 7) is 5.91. The van der Waals surface area contributed by atoms with E-state index in [1.54, 1.807) is 16.6 Å². The summed E-state index contributed by atoms with van der Waals surface area (Å²) in [6.07, 6.45) is 4.53. The van der Waals surface area contributed by atoms with Crippen molar-refractivity contribution in [3.63, 3.8) is 0 Å². The van der Waals surface area contributed by atoms with Crippen molar-refractivity contribution in [2.24, 2.45) is 5.92 Å². The molecule has 0 saturated carbocycles. The number of halogens is 1. The molecule has 118 valence electrons. The van der Waals surface area contributed by atoms with Crippen LogP contribution < -0.4 is 5.32 Å². The van der Waals surface area contributed by atoms with Crippen LogP contribution in [0.2, 0.25) is 0 Å². The highest BCUT2D eigenvalue weighted by atomic mass is 79.9. The van der Waals surface area contributed by atoms with Crippen LogP contribution in [0.15, 0.2) is 21.6 Å². The lowest BCUT2D eigenvalue weighted by Crippen LogP contribution is -2.32. The molecule has 0 radical (unpaired) electrons. The second-order valence-electron chi connectivity index (χ2n) is 5.47. The molecule has 1 saturated heterocycles. The van der Waals surface area contributed by atoms with Crippen molar-refractivity contribution in [3.05, 3.63) is 16.7 Å². The molecule has 5 nitrogen and oxygen atoms in total. The van der Waals surface area contributed by atoms with Crippen molar-refractivity contribution in [2.75, 3.05) is 25.0 Å². The normalized spacial score (nSPS) is 21.0. The van der Waals surface area contributed by atoms with Crippen molar-refractivity contribution in [3.8, 4) is 0 Å². The van der Waals surface area contributed by atoms with Gasteiger partial charge in [-0.1, -0.05) is 6.92 Å². The third-order valence-electron chi connectivity index (χ3n) is 3.76. The van der Waals surface area contributed by atoms with Crippen LogP contribution in [-0.4, -0.2) is 37.3 Å². The predicted octanol–water partition coefficient (Wildman–Crippen LogP) is 3.09. The number of hydrogen-bond donors (Lipinski definition) is 1. The zero-order valence-corrected chi connectivity index (χ0v) is 14.9. The number of hydrogen-bond acceptors (Lipinski definition) is 4. The van der Waals surface area contributed by atoms with Crippen molar-refractivity contribution >= 4 is 31.8 Å². The van der Waals surface area contributed by atoms with Gasteiger partial charge in [0.05, 0.1) is 0 Å². The third kappa shape index (κ3) is 3.96. The van der Waals surface area contributed by atoms with Gasteiger partial charge < -0.3 is 5.32 Å². The lowest BCUT2D eigenvalue weighted by atomic mass is 10.0. The molecule has 0 spiro atoms. The Labute approximate surface area is 135 Å². The molecule has 1 aliphatic heterocycles. The number of nitrogens with one attached hydrogen (secondary N) is 1. The molecule has 0 amide bonds. The van der Waals surface area contributed by atoms with Gasteiger partial charge >= 0.3 is 0 Å². The van der Waals surface area contributed by atoms with Gasteiger partial charge in [-0.3, -0.25) is 0 Å². The van der Waals surface area contributed by atoms with Crippen LogP contribution >= 0.6 is 15.9 Å². The van der Waals surface area contributed by atoms with E-state index in [0.29, 0.717) is 35.8 Å². The van der Waals surface area contributed by atoms with Gasteiger partial charge in [0.15, 0.2) is 0 Å². The highest BCUT2D eigenvalue weighted by Gasteiger charge is 2.29. The average molecular weight is 376 g/mol. The maximum atomic E-state index is 12.9. The fourth-order valence-electron chi connectivity index (χ4n) is 2.53. The molecule has 7 heteroatoms. The SMILES string of the molecule is CCNc1ncc(Br)cc1S(=O)(=O)N1CCCC(C)CC1. The largest absolute Gasteiger partial charge is 0.369 e. The number of rotatable bonds is 4. The lowest BCUT2D eigenvalue weighted by molar-refractivity contribution is 0.417. The first-order chi connectivity index (χ1) is 9.95. The second kappa shape index (κ2) is 7.07. The van der Waals surface area contributed by atoms with E-state index >= 15 is 0 Å². The molecule has 1 N–H and O–H groups in total. The molecular formula is C14H22BrN3O2S. The van der Waals surface area contributed by atoms with Gasteiger partial charge in [0.2, 0.25) is 10.0 Å². The molecule has 0 aliphatic carbocycles. The Kier molecular flexibility index (Phi) is 5.62. The summed E-state index contributed by atoms with van der Waals surface area (Å²) in [4.78, 5) is 4.46. The first-order valence-corrected chi connectivity index (χ1v) is 9.58. The van der Waals surface area contributed by atoms with E-state index < -0.39 is 10.0 Å². The molecule has 1 aromatic heterocycles. The van der Waals surface area contributed by atoms with Crippen LogP contribution in [0, 0.1) is 5.92 Å². The van der Waals surface area contributed by atoms with E-state index in [4.69, 9.17) is 0 Å². The van der Waals surface area contributed by atoms with Crippen LogP contribution in [0.5, 0.6) is 0 Å². The van der Waals surface area contributed by atoms with Gasteiger partial charge in [0, 0.05) is 30.3 Å². The Morgan fingerprint density at radius 3 is 2.90 bits per heavy atom. The maximum absolute atomic E-state index is 12.9. The first kappa shape index (κ1) is 16.7. The van der Waals surface area contributed by atoms with Crippen molar-refractivity contribution in [1.82, 2.24) is 9.29 Å². The van der Waals surface area contributed by atoms with E-state index in [1.807, 2.05) is 6.92 Å². The summed E-state index contributed by atoms with van der Waals surface area (Å²) < 4.78 is 28.1. The number of anilines is 1. The highest BCUT2D eigenvalue weighted by molar-refractivity contribution is 9.10. The first-order valence-electron chi connectivity index (χ1n) is 7.34. The Morgan fingerprint density at radius 1 is 1.43 bits per heavy atom. The Balaban J connectivity index is 2.36. The Hall–Kier alpha value is -0.660. The molecule has 0 aromatic carbocycles. The van der Waals surface area contributed by atoms with Crippen LogP contribution in [0.3, 0.4) is 0 Å². The second-order valence-corrected chi connectivity index (χ2v) is 8.29. The van der Waals surface area contributed by atoms with Crippen molar-refractivity contribution < 1.29 is 8.42 Å². The average Bonchev–Trinajstić information content (AvgIpc) is 2.66. The molecule has 1 unspecified atom stereocenters. The molecular weight excluding hydrogens is 354 g/mol. The Bertz CT molecular complexity index is 592. The van der Waals surface area contributed by atoms with Crippen LogP contribution in [-0.2, 0) is 10.0 Å². The molecule has 1 fully saturated rings. The smallest absolute Gasteiger partial charge is 0.246 e. The van der Waals surface area contributed by atoms with Crippen molar-refractivity contribution in [2.45, 2.75) is 38.0 Å². The summed E-state index contributed by atoms with van der Waals surface area (Å²) in [5, 5.41) is 3.04. The topological polar surface area (TPSA) is 62.3 Å².